The Morgan fingerprint density at radius 2 is 2.04 bits per heavy atom. The van der Waals surface area contributed by atoms with Gasteiger partial charge in [0.15, 0.2) is 0 Å². The van der Waals surface area contributed by atoms with Gasteiger partial charge in [-0.1, -0.05) is 12.1 Å². The molecular formula is C18H19BrFNO3. The largest absolute Gasteiger partial charge is 0.491 e. The lowest BCUT2D eigenvalue weighted by Crippen LogP contribution is -2.28. The van der Waals surface area contributed by atoms with Crippen LogP contribution >= 0.6 is 15.9 Å². The topological polar surface area (TPSA) is 58.6 Å². The van der Waals surface area contributed by atoms with Crippen molar-refractivity contribution in [1.29, 1.82) is 0 Å². The van der Waals surface area contributed by atoms with E-state index in [1.165, 1.54) is 18.2 Å². The smallest absolute Gasteiger partial charge is 0.252 e. The fraction of sp³-hybridized carbons (Fsp3) is 0.278. The number of rotatable bonds is 6. The molecule has 0 aromatic heterocycles. The van der Waals surface area contributed by atoms with Gasteiger partial charge in [0.2, 0.25) is 0 Å². The van der Waals surface area contributed by atoms with E-state index in [9.17, 15) is 14.3 Å². The maximum absolute atomic E-state index is 13.1. The number of aliphatic hydroxyl groups excluding tert-OH is 1. The van der Waals surface area contributed by atoms with Crippen LogP contribution in [-0.2, 0) is 0 Å². The molecule has 0 radical (unpaired) electrons. The molecular weight excluding hydrogens is 377 g/mol. The molecule has 2 aromatic rings. The van der Waals surface area contributed by atoms with Crippen LogP contribution in [0.4, 0.5) is 4.39 Å². The number of hydrogen-bond donors (Lipinski definition) is 2. The van der Waals surface area contributed by atoms with Crippen LogP contribution in [0, 0.1) is 5.82 Å². The molecule has 2 aromatic carbocycles. The minimum atomic E-state index is -0.871. The molecule has 0 heterocycles. The first-order valence-electron chi connectivity index (χ1n) is 7.54. The maximum atomic E-state index is 13.1. The summed E-state index contributed by atoms with van der Waals surface area (Å²) in [6, 6.07) is 10.9. The van der Waals surface area contributed by atoms with Crippen LogP contribution in [0.2, 0.25) is 0 Å². The number of carbonyl (C=O) groups excluding carboxylic acids is 1. The van der Waals surface area contributed by atoms with E-state index in [2.05, 4.69) is 21.2 Å². The Labute approximate surface area is 148 Å². The lowest BCUT2D eigenvalue weighted by molar-refractivity contribution is 0.0915. The zero-order valence-electron chi connectivity index (χ0n) is 13.4. The second kappa shape index (κ2) is 8.26. The highest BCUT2D eigenvalue weighted by Crippen LogP contribution is 2.21. The standard InChI is InChI=1S/C18H19BrFNO3/c1-11(2)24-14-5-3-4-12(8-14)17(22)10-21-18(23)15-7-6-13(20)9-16(15)19/h3-9,11,17,22H,10H2,1-2H3,(H,21,23). The van der Waals surface area contributed by atoms with Gasteiger partial charge < -0.3 is 15.2 Å². The second-order valence-electron chi connectivity index (χ2n) is 5.59. The van der Waals surface area contributed by atoms with Gasteiger partial charge in [0.1, 0.15) is 11.6 Å². The van der Waals surface area contributed by atoms with Gasteiger partial charge in [-0.3, -0.25) is 4.79 Å². The van der Waals surface area contributed by atoms with Crippen LogP contribution in [-0.4, -0.2) is 23.7 Å². The van der Waals surface area contributed by atoms with Gasteiger partial charge in [0.05, 0.1) is 17.8 Å². The second-order valence-corrected chi connectivity index (χ2v) is 6.44. The average molecular weight is 396 g/mol. The van der Waals surface area contributed by atoms with Crippen molar-refractivity contribution in [2.24, 2.45) is 0 Å². The van der Waals surface area contributed by atoms with E-state index in [1.807, 2.05) is 19.9 Å². The summed E-state index contributed by atoms with van der Waals surface area (Å²) >= 11 is 3.15. The van der Waals surface area contributed by atoms with E-state index in [0.29, 0.717) is 21.3 Å². The van der Waals surface area contributed by atoms with E-state index in [0.717, 1.165) is 0 Å². The molecule has 6 heteroatoms. The number of amides is 1. The molecule has 0 saturated heterocycles. The summed E-state index contributed by atoms with van der Waals surface area (Å²) in [7, 11) is 0. The predicted molar refractivity (Wildman–Crippen MR) is 93.6 cm³/mol. The summed E-state index contributed by atoms with van der Waals surface area (Å²) in [5.74, 6) is -0.162. The quantitative estimate of drug-likeness (QED) is 0.780. The number of carbonyl (C=O) groups is 1. The molecule has 0 saturated carbocycles. The molecule has 24 heavy (non-hydrogen) atoms. The monoisotopic (exact) mass is 395 g/mol. The summed E-state index contributed by atoms with van der Waals surface area (Å²) in [6.45, 7) is 3.88. The first kappa shape index (κ1) is 18.4. The zero-order valence-corrected chi connectivity index (χ0v) is 15.0. The highest BCUT2D eigenvalue weighted by atomic mass is 79.9. The number of nitrogens with one attached hydrogen (secondary N) is 1. The van der Waals surface area contributed by atoms with Gasteiger partial charge in [-0.25, -0.2) is 4.39 Å². The van der Waals surface area contributed by atoms with Crippen molar-refractivity contribution in [3.8, 4) is 5.75 Å². The first-order chi connectivity index (χ1) is 11.4. The molecule has 0 bridgehead atoms. The molecule has 1 unspecified atom stereocenters. The normalized spacial score (nSPS) is 12.1. The number of ether oxygens (including phenoxy) is 1. The highest BCUT2D eigenvalue weighted by Gasteiger charge is 2.14. The van der Waals surface area contributed by atoms with Crippen molar-refractivity contribution in [3.05, 3.63) is 63.9 Å². The number of halogens is 2. The van der Waals surface area contributed by atoms with E-state index in [-0.39, 0.29) is 12.6 Å². The Balaban J connectivity index is 1.99. The van der Waals surface area contributed by atoms with Gasteiger partial charge in [-0.15, -0.1) is 0 Å². The van der Waals surface area contributed by atoms with Crippen LogP contribution in [0.15, 0.2) is 46.9 Å². The van der Waals surface area contributed by atoms with E-state index < -0.39 is 17.8 Å². The molecule has 0 aliphatic carbocycles. The molecule has 1 atom stereocenters. The lowest BCUT2D eigenvalue weighted by atomic mass is 10.1. The van der Waals surface area contributed by atoms with Crippen LogP contribution in [0.5, 0.6) is 5.75 Å². The van der Waals surface area contributed by atoms with E-state index >= 15 is 0 Å². The predicted octanol–water partition coefficient (Wildman–Crippen LogP) is 3.84. The molecule has 0 aliphatic rings. The molecule has 0 spiro atoms. The summed E-state index contributed by atoms with van der Waals surface area (Å²) in [6.07, 6.45) is -0.836. The summed E-state index contributed by atoms with van der Waals surface area (Å²) in [5, 5.41) is 12.9. The number of aliphatic hydroxyl groups is 1. The fourth-order valence-corrected chi connectivity index (χ4v) is 2.67. The summed E-state index contributed by atoms with van der Waals surface area (Å²) in [5.41, 5.74) is 0.951. The van der Waals surface area contributed by atoms with Crippen molar-refractivity contribution in [2.45, 2.75) is 26.1 Å². The van der Waals surface area contributed by atoms with Crippen molar-refractivity contribution >= 4 is 21.8 Å². The van der Waals surface area contributed by atoms with E-state index in [1.54, 1.807) is 18.2 Å². The van der Waals surface area contributed by atoms with Crippen molar-refractivity contribution in [3.63, 3.8) is 0 Å². The minimum Gasteiger partial charge on any atom is -0.491 e. The zero-order chi connectivity index (χ0) is 17.7. The van der Waals surface area contributed by atoms with Crippen molar-refractivity contribution in [2.75, 3.05) is 6.54 Å². The molecule has 0 fully saturated rings. The molecule has 2 N–H and O–H groups in total. The minimum absolute atomic E-state index is 0.0351. The van der Waals surface area contributed by atoms with Gasteiger partial charge in [0.25, 0.3) is 5.91 Å². The van der Waals surface area contributed by atoms with Crippen LogP contribution in [0.3, 0.4) is 0 Å². The third kappa shape index (κ3) is 5.04. The SMILES string of the molecule is CC(C)Oc1cccc(C(O)CNC(=O)c2ccc(F)cc2Br)c1. The van der Waals surface area contributed by atoms with Crippen LogP contribution < -0.4 is 10.1 Å². The van der Waals surface area contributed by atoms with Crippen molar-refractivity contribution in [1.82, 2.24) is 5.32 Å². The first-order valence-corrected chi connectivity index (χ1v) is 8.34. The third-order valence-electron chi connectivity index (χ3n) is 3.25. The van der Waals surface area contributed by atoms with E-state index in [4.69, 9.17) is 4.74 Å². The summed E-state index contributed by atoms with van der Waals surface area (Å²) < 4.78 is 19.0. The highest BCUT2D eigenvalue weighted by molar-refractivity contribution is 9.10. The lowest BCUT2D eigenvalue weighted by Gasteiger charge is -2.15. The average Bonchev–Trinajstić information content (AvgIpc) is 2.52. The summed E-state index contributed by atoms with van der Waals surface area (Å²) in [4.78, 5) is 12.1. The number of benzene rings is 2. The Bertz CT molecular complexity index is 721. The van der Waals surface area contributed by atoms with Crippen LogP contribution in [0.1, 0.15) is 35.9 Å². The Morgan fingerprint density at radius 1 is 1.29 bits per heavy atom. The van der Waals surface area contributed by atoms with Gasteiger partial charge >= 0.3 is 0 Å². The maximum Gasteiger partial charge on any atom is 0.252 e. The Morgan fingerprint density at radius 3 is 2.71 bits per heavy atom. The molecule has 1 amide bonds. The van der Waals surface area contributed by atoms with Crippen LogP contribution in [0.25, 0.3) is 0 Å². The van der Waals surface area contributed by atoms with Crippen molar-refractivity contribution < 1.29 is 19.0 Å². The fourth-order valence-electron chi connectivity index (χ4n) is 2.14. The molecule has 128 valence electrons. The Hall–Kier alpha value is -1.92. The van der Waals surface area contributed by atoms with Gasteiger partial charge in [0, 0.05) is 11.0 Å². The van der Waals surface area contributed by atoms with Gasteiger partial charge in [-0.2, -0.15) is 0 Å². The molecule has 4 nitrogen and oxygen atoms in total. The molecule has 2 rings (SSSR count). The Kier molecular flexibility index (Phi) is 6.34. The van der Waals surface area contributed by atoms with Gasteiger partial charge in [-0.05, 0) is 65.7 Å². The third-order valence-corrected chi connectivity index (χ3v) is 3.90. The molecule has 0 aliphatic heterocycles. The number of hydrogen-bond acceptors (Lipinski definition) is 3.